The summed E-state index contributed by atoms with van der Waals surface area (Å²) in [6.45, 7) is 0.980. The number of methoxy groups -OCH3 is 3. The van der Waals surface area contributed by atoms with Gasteiger partial charge in [-0.15, -0.1) is 0 Å². The molecular formula is C16H22N2O5. The van der Waals surface area contributed by atoms with Crippen molar-refractivity contribution in [3.05, 3.63) is 17.7 Å². The number of piperidine rings is 1. The fourth-order valence-corrected chi connectivity index (χ4v) is 2.73. The fourth-order valence-electron chi connectivity index (χ4n) is 2.73. The van der Waals surface area contributed by atoms with Gasteiger partial charge < -0.3 is 24.8 Å². The molecule has 1 saturated heterocycles. The van der Waals surface area contributed by atoms with Gasteiger partial charge in [-0.2, -0.15) is 0 Å². The zero-order valence-corrected chi connectivity index (χ0v) is 13.6. The number of nitrogens with zero attached hydrogens (tertiary/aromatic N) is 1. The molecular weight excluding hydrogens is 300 g/mol. The number of carbonyl (C=O) groups excluding carboxylic acids is 2. The molecule has 0 bridgehead atoms. The van der Waals surface area contributed by atoms with Crippen LogP contribution in [0.15, 0.2) is 12.1 Å². The van der Waals surface area contributed by atoms with Gasteiger partial charge in [0.1, 0.15) is 5.75 Å². The highest BCUT2D eigenvalue weighted by Gasteiger charge is 2.28. The summed E-state index contributed by atoms with van der Waals surface area (Å²) >= 11 is 0. The predicted octanol–water partition coefficient (Wildman–Crippen LogP) is 1.05. The zero-order valence-electron chi connectivity index (χ0n) is 13.6. The summed E-state index contributed by atoms with van der Waals surface area (Å²) in [5, 5.41) is 0. The first-order valence-electron chi connectivity index (χ1n) is 7.40. The molecule has 1 aliphatic heterocycles. The summed E-state index contributed by atoms with van der Waals surface area (Å²) in [7, 11) is 4.53. The molecule has 0 spiro atoms. The summed E-state index contributed by atoms with van der Waals surface area (Å²) in [6, 6.07) is 3.24. The molecule has 1 aromatic carbocycles. The van der Waals surface area contributed by atoms with E-state index in [1.165, 1.54) is 21.3 Å². The molecule has 7 nitrogen and oxygen atoms in total. The maximum Gasteiger partial charge on any atom is 0.257 e. The number of hydrogen-bond donors (Lipinski definition) is 1. The van der Waals surface area contributed by atoms with Gasteiger partial charge in [-0.05, 0) is 12.8 Å². The molecule has 1 fully saturated rings. The van der Waals surface area contributed by atoms with Crippen LogP contribution in [0.2, 0.25) is 0 Å². The van der Waals surface area contributed by atoms with Crippen molar-refractivity contribution in [3.8, 4) is 17.2 Å². The number of primary amides is 1. The third-order valence-electron chi connectivity index (χ3n) is 4.12. The van der Waals surface area contributed by atoms with Gasteiger partial charge >= 0.3 is 0 Å². The maximum absolute atomic E-state index is 12.8. The van der Waals surface area contributed by atoms with E-state index in [1.807, 2.05) is 0 Å². The second kappa shape index (κ2) is 7.21. The molecule has 2 amide bonds. The first-order valence-corrected chi connectivity index (χ1v) is 7.40. The van der Waals surface area contributed by atoms with Gasteiger partial charge in [0.15, 0.2) is 11.5 Å². The average molecular weight is 322 g/mol. The van der Waals surface area contributed by atoms with Crippen molar-refractivity contribution < 1.29 is 23.8 Å². The molecule has 1 heterocycles. The molecule has 2 N–H and O–H groups in total. The molecule has 1 aliphatic rings. The van der Waals surface area contributed by atoms with Gasteiger partial charge in [0.25, 0.3) is 5.91 Å². The van der Waals surface area contributed by atoms with Crippen LogP contribution in [0.4, 0.5) is 0 Å². The number of hydrogen-bond acceptors (Lipinski definition) is 5. The Morgan fingerprint density at radius 2 is 1.52 bits per heavy atom. The van der Waals surface area contributed by atoms with Crippen LogP contribution >= 0.6 is 0 Å². The highest BCUT2D eigenvalue weighted by Crippen LogP contribution is 2.35. The second-order valence-electron chi connectivity index (χ2n) is 5.38. The lowest BCUT2D eigenvalue weighted by atomic mass is 9.95. The molecule has 126 valence electrons. The Bertz CT molecular complexity index is 594. The van der Waals surface area contributed by atoms with Crippen molar-refractivity contribution in [1.29, 1.82) is 0 Å². The van der Waals surface area contributed by atoms with Crippen molar-refractivity contribution >= 4 is 11.8 Å². The van der Waals surface area contributed by atoms with E-state index in [9.17, 15) is 9.59 Å². The first kappa shape index (κ1) is 16.9. The minimum absolute atomic E-state index is 0.161. The molecule has 7 heteroatoms. The van der Waals surface area contributed by atoms with Crippen LogP contribution in [0.1, 0.15) is 23.2 Å². The van der Waals surface area contributed by atoms with Crippen LogP contribution in [-0.4, -0.2) is 51.1 Å². The molecule has 0 unspecified atom stereocenters. The molecule has 2 rings (SSSR count). The number of rotatable bonds is 5. The lowest BCUT2D eigenvalue weighted by molar-refractivity contribution is -0.123. The Kier molecular flexibility index (Phi) is 5.31. The van der Waals surface area contributed by atoms with Crippen molar-refractivity contribution in [2.75, 3.05) is 34.4 Å². The van der Waals surface area contributed by atoms with E-state index >= 15 is 0 Å². The topological polar surface area (TPSA) is 91.1 Å². The molecule has 0 aromatic heterocycles. The largest absolute Gasteiger partial charge is 0.496 e. The van der Waals surface area contributed by atoms with Crippen LogP contribution in [0, 0.1) is 5.92 Å². The fraction of sp³-hybridized carbons (Fsp3) is 0.500. The monoisotopic (exact) mass is 322 g/mol. The number of benzene rings is 1. The van der Waals surface area contributed by atoms with E-state index in [1.54, 1.807) is 17.0 Å². The molecule has 23 heavy (non-hydrogen) atoms. The zero-order chi connectivity index (χ0) is 17.0. The Labute approximate surface area is 135 Å². The molecule has 1 aromatic rings. The summed E-state index contributed by atoms with van der Waals surface area (Å²) in [5.41, 5.74) is 5.73. The third-order valence-corrected chi connectivity index (χ3v) is 4.12. The molecule has 0 radical (unpaired) electrons. The number of carbonyl (C=O) groups is 2. The Hall–Kier alpha value is -2.44. The minimum atomic E-state index is -0.305. The number of likely N-dealkylation sites (tertiary alicyclic amines) is 1. The highest BCUT2D eigenvalue weighted by molar-refractivity contribution is 5.98. The second-order valence-corrected chi connectivity index (χ2v) is 5.38. The summed E-state index contributed by atoms with van der Waals surface area (Å²) < 4.78 is 15.8. The van der Waals surface area contributed by atoms with E-state index in [0.29, 0.717) is 48.7 Å². The Morgan fingerprint density at radius 3 is 2.00 bits per heavy atom. The van der Waals surface area contributed by atoms with Gasteiger partial charge in [-0.25, -0.2) is 0 Å². The number of ether oxygens (including phenoxy) is 3. The Balaban J connectivity index is 2.23. The lowest BCUT2D eigenvalue weighted by Crippen LogP contribution is -2.41. The van der Waals surface area contributed by atoms with E-state index in [0.717, 1.165) is 0 Å². The highest BCUT2D eigenvalue weighted by atomic mass is 16.5. The SMILES string of the molecule is COc1cc(OC)c(C(=O)N2CCC(C(N)=O)CC2)cc1OC. The van der Waals surface area contributed by atoms with Gasteiger partial charge in [0.2, 0.25) is 5.91 Å². The van der Waals surface area contributed by atoms with Crippen molar-refractivity contribution in [3.63, 3.8) is 0 Å². The van der Waals surface area contributed by atoms with Crippen LogP contribution < -0.4 is 19.9 Å². The van der Waals surface area contributed by atoms with Crippen LogP contribution in [-0.2, 0) is 4.79 Å². The van der Waals surface area contributed by atoms with E-state index < -0.39 is 0 Å². The molecule has 0 aliphatic carbocycles. The number of amides is 2. The predicted molar refractivity (Wildman–Crippen MR) is 83.9 cm³/mol. The Morgan fingerprint density at radius 1 is 1.00 bits per heavy atom. The first-order chi connectivity index (χ1) is 11.0. The van der Waals surface area contributed by atoms with Crippen molar-refractivity contribution in [2.45, 2.75) is 12.8 Å². The van der Waals surface area contributed by atoms with Crippen LogP contribution in [0.25, 0.3) is 0 Å². The molecule has 0 saturated carbocycles. The normalized spacial score (nSPS) is 15.2. The van der Waals surface area contributed by atoms with Gasteiger partial charge in [-0.1, -0.05) is 0 Å². The molecule has 0 atom stereocenters. The maximum atomic E-state index is 12.8. The summed E-state index contributed by atoms with van der Waals surface area (Å²) in [6.07, 6.45) is 1.16. The smallest absolute Gasteiger partial charge is 0.257 e. The minimum Gasteiger partial charge on any atom is -0.496 e. The standard InChI is InChI=1S/C16H22N2O5/c1-21-12-9-14(23-3)13(22-2)8-11(12)16(20)18-6-4-10(5-7-18)15(17)19/h8-10H,4-7H2,1-3H3,(H2,17,19). The van der Waals surface area contributed by atoms with Crippen molar-refractivity contribution in [2.24, 2.45) is 11.7 Å². The van der Waals surface area contributed by atoms with Gasteiger partial charge in [0, 0.05) is 31.1 Å². The van der Waals surface area contributed by atoms with E-state index in [4.69, 9.17) is 19.9 Å². The average Bonchev–Trinajstić information content (AvgIpc) is 2.59. The van der Waals surface area contributed by atoms with Gasteiger partial charge in [-0.3, -0.25) is 9.59 Å². The van der Waals surface area contributed by atoms with Gasteiger partial charge in [0.05, 0.1) is 26.9 Å². The quantitative estimate of drug-likeness (QED) is 0.875. The summed E-state index contributed by atoms with van der Waals surface area (Å²) in [5.74, 6) is 0.750. The van der Waals surface area contributed by atoms with Crippen LogP contribution in [0.3, 0.4) is 0 Å². The van der Waals surface area contributed by atoms with E-state index in [2.05, 4.69) is 0 Å². The lowest BCUT2D eigenvalue weighted by Gasteiger charge is -2.31. The number of nitrogens with two attached hydrogens (primary N) is 1. The summed E-state index contributed by atoms with van der Waals surface area (Å²) in [4.78, 5) is 25.7. The van der Waals surface area contributed by atoms with Crippen molar-refractivity contribution in [1.82, 2.24) is 4.90 Å². The van der Waals surface area contributed by atoms with E-state index in [-0.39, 0.29) is 17.7 Å². The van der Waals surface area contributed by atoms with Crippen LogP contribution in [0.5, 0.6) is 17.2 Å². The third kappa shape index (κ3) is 3.49.